The molecule has 2 aromatic carbocycles. The minimum Gasteiger partial charge on any atom is -0.379 e. The lowest BCUT2D eigenvalue weighted by Gasteiger charge is -2.11. The van der Waals surface area contributed by atoms with E-state index in [0.29, 0.717) is 44.4 Å². The molecule has 0 saturated heterocycles. The summed E-state index contributed by atoms with van der Waals surface area (Å²) in [6, 6.07) is 13.2. The van der Waals surface area contributed by atoms with E-state index in [0.717, 1.165) is 5.69 Å². The number of amides is 1. The molecular weight excluding hydrogens is 460 g/mol. The number of nitrogens with one attached hydrogen (secondary N) is 1. The molecule has 0 fully saturated rings. The molecule has 0 radical (unpaired) electrons. The first-order chi connectivity index (χ1) is 16.3. The summed E-state index contributed by atoms with van der Waals surface area (Å²) in [6.07, 6.45) is 0. The zero-order chi connectivity index (χ0) is 24.8. The quantitative estimate of drug-likeness (QED) is 0.315. The highest BCUT2D eigenvalue weighted by molar-refractivity contribution is 8.06. The van der Waals surface area contributed by atoms with Crippen molar-refractivity contribution in [1.29, 1.82) is 0 Å². The number of ether oxygens (including phenoxy) is 3. The van der Waals surface area contributed by atoms with Crippen LogP contribution < -0.4 is 10.2 Å². The van der Waals surface area contributed by atoms with Gasteiger partial charge in [-0.2, -0.15) is 10.2 Å². The third-order valence-corrected chi connectivity index (χ3v) is 6.03. The van der Waals surface area contributed by atoms with Crippen LogP contribution in [0.25, 0.3) is 0 Å². The molecule has 0 aliphatic heterocycles. The fraction of sp³-hybridized carbons (Fsp3) is 0.435. The molecule has 0 bridgehead atoms. The van der Waals surface area contributed by atoms with E-state index < -0.39 is 15.1 Å². The average Bonchev–Trinajstić information content (AvgIpc) is 2.84. The number of hydrogen-bond donors (Lipinski definition) is 1. The second kappa shape index (κ2) is 14.4. The monoisotopic (exact) mass is 492 g/mol. The van der Waals surface area contributed by atoms with Gasteiger partial charge in [-0.25, -0.2) is 8.42 Å². The summed E-state index contributed by atoms with van der Waals surface area (Å²) in [5, 5.41) is 9.52. The third kappa shape index (κ3) is 9.18. The summed E-state index contributed by atoms with van der Waals surface area (Å²) in [4.78, 5) is 14.0. The van der Waals surface area contributed by atoms with Crippen LogP contribution >= 0.6 is 0 Å². The van der Waals surface area contributed by atoms with Crippen molar-refractivity contribution in [3.05, 3.63) is 48.5 Å². The van der Waals surface area contributed by atoms with E-state index in [4.69, 9.17) is 14.2 Å². The largest absolute Gasteiger partial charge is 0.379 e. The second-order valence-electron chi connectivity index (χ2n) is 7.24. The van der Waals surface area contributed by atoms with E-state index >= 15 is 0 Å². The molecule has 2 rings (SSSR count). The van der Waals surface area contributed by atoms with E-state index in [9.17, 15) is 13.2 Å². The maximum absolute atomic E-state index is 12.5. The van der Waals surface area contributed by atoms with E-state index in [-0.39, 0.29) is 18.0 Å². The van der Waals surface area contributed by atoms with Gasteiger partial charge in [0.2, 0.25) is 0 Å². The summed E-state index contributed by atoms with van der Waals surface area (Å²) in [7, 11) is -0.272. The third-order valence-electron chi connectivity index (χ3n) is 4.50. The normalized spacial score (nSPS) is 11.6. The van der Waals surface area contributed by atoms with Gasteiger partial charge < -0.3 is 24.4 Å². The van der Waals surface area contributed by atoms with E-state index in [1.165, 1.54) is 24.3 Å². The smallest absolute Gasteiger partial charge is 0.341 e. The highest BCUT2D eigenvalue weighted by Gasteiger charge is 2.24. The molecule has 0 heterocycles. The molecule has 186 valence electrons. The van der Waals surface area contributed by atoms with Crippen molar-refractivity contribution >= 4 is 32.1 Å². The molecular formula is C23H32N4O6S. The van der Waals surface area contributed by atoms with Gasteiger partial charge in [-0.3, -0.25) is 4.79 Å². The van der Waals surface area contributed by atoms with Crippen molar-refractivity contribution in [3.63, 3.8) is 0 Å². The molecule has 34 heavy (non-hydrogen) atoms. The minimum absolute atomic E-state index is 0.0654. The number of anilines is 1. The van der Waals surface area contributed by atoms with Crippen LogP contribution in [0, 0.1) is 0 Å². The molecule has 0 atom stereocenters. The Morgan fingerprint density at radius 3 is 1.85 bits per heavy atom. The number of azo groups is 1. The van der Waals surface area contributed by atoms with Gasteiger partial charge in [0.1, 0.15) is 0 Å². The summed E-state index contributed by atoms with van der Waals surface area (Å²) in [5.74, 6) is 0. The van der Waals surface area contributed by atoms with Crippen molar-refractivity contribution in [3.8, 4) is 0 Å². The van der Waals surface area contributed by atoms with Gasteiger partial charge in [0.25, 0.3) is 9.84 Å². The van der Waals surface area contributed by atoms with Crippen LogP contribution in [-0.4, -0.2) is 73.9 Å². The molecule has 11 heteroatoms. The Morgan fingerprint density at radius 2 is 1.32 bits per heavy atom. The summed E-state index contributed by atoms with van der Waals surface area (Å²) in [6.45, 7) is 4.53. The van der Waals surface area contributed by atoms with Crippen LogP contribution in [0.5, 0.6) is 0 Å². The van der Waals surface area contributed by atoms with Gasteiger partial charge in [0.05, 0.1) is 49.3 Å². The molecule has 2 aromatic rings. The fourth-order valence-corrected chi connectivity index (χ4v) is 3.64. The van der Waals surface area contributed by atoms with Crippen molar-refractivity contribution in [2.45, 2.75) is 11.8 Å². The Kier molecular flexibility index (Phi) is 11.6. The molecule has 0 spiro atoms. The number of carbonyl (C=O) groups is 1. The zero-order valence-electron chi connectivity index (χ0n) is 19.8. The number of sulfone groups is 1. The Morgan fingerprint density at radius 1 is 0.824 bits per heavy atom. The predicted molar refractivity (Wildman–Crippen MR) is 130 cm³/mol. The predicted octanol–water partition coefficient (Wildman–Crippen LogP) is 3.72. The number of rotatable bonds is 14. The van der Waals surface area contributed by atoms with Crippen molar-refractivity contribution in [1.82, 2.24) is 5.32 Å². The van der Waals surface area contributed by atoms with Gasteiger partial charge in [-0.1, -0.05) is 0 Å². The topological polar surface area (TPSA) is 119 Å². The lowest BCUT2D eigenvalue weighted by atomic mass is 10.3. The second-order valence-corrected chi connectivity index (χ2v) is 9.09. The maximum atomic E-state index is 12.5. The number of benzene rings is 2. The van der Waals surface area contributed by atoms with Gasteiger partial charge in [-0.05, 0) is 55.5 Å². The number of hydrogen-bond acceptors (Lipinski definition) is 9. The Bertz CT molecular complexity index is 1010. The fourth-order valence-electron chi connectivity index (χ4n) is 2.64. The highest BCUT2D eigenvalue weighted by atomic mass is 32.2. The van der Waals surface area contributed by atoms with E-state index in [2.05, 4.69) is 15.5 Å². The number of nitrogens with zero attached hydrogens (tertiary/aromatic N) is 3. The summed E-state index contributed by atoms with van der Waals surface area (Å²) in [5.41, 5.74) is 2.18. The molecule has 0 aliphatic carbocycles. The Labute approximate surface area is 200 Å². The van der Waals surface area contributed by atoms with Crippen LogP contribution in [0.4, 0.5) is 21.9 Å². The molecule has 0 aromatic heterocycles. The molecule has 0 unspecified atom stereocenters. The number of carbonyl (C=O) groups excluding carboxylic acids is 1. The SMILES string of the molecule is CCOCCOCCOCCNC(=O)S(=O)(=O)c1ccc(N=Nc2ccc(N(C)C)cc2)cc1. The first-order valence-electron chi connectivity index (χ1n) is 10.9. The molecule has 10 nitrogen and oxygen atoms in total. The van der Waals surface area contributed by atoms with Gasteiger partial charge >= 0.3 is 5.24 Å². The Hall–Kier alpha value is -2.86. The molecule has 0 aliphatic rings. The lowest BCUT2D eigenvalue weighted by Crippen LogP contribution is -2.32. The zero-order valence-corrected chi connectivity index (χ0v) is 20.6. The van der Waals surface area contributed by atoms with Crippen molar-refractivity contribution in [2.24, 2.45) is 10.2 Å². The molecule has 0 saturated carbocycles. The lowest BCUT2D eigenvalue weighted by molar-refractivity contribution is 0.0179. The Balaban J connectivity index is 1.77. The average molecular weight is 493 g/mol. The van der Waals surface area contributed by atoms with E-state index in [1.807, 2.05) is 50.2 Å². The van der Waals surface area contributed by atoms with Crippen LogP contribution in [0.15, 0.2) is 63.7 Å². The first-order valence-corrected chi connectivity index (χ1v) is 12.4. The van der Waals surface area contributed by atoms with Crippen molar-refractivity contribution in [2.75, 3.05) is 65.2 Å². The van der Waals surface area contributed by atoms with Gasteiger partial charge in [-0.15, -0.1) is 0 Å². The minimum atomic E-state index is -4.17. The van der Waals surface area contributed by atoms with Crippen LogP contribution in [0.1, 0.15) is 6.92 Å². The molecule has 1 N–H and O–H groups in total. The standard InChI is InChI=1S/C23H32N4O6S/c1-4-31-15-16-33-18-17-32-14-13-24-23(28)34(29,30)22-11-7-20(8-12-22)26-25-19-5-9-21(10-6-19)27(2)3/h5-12H,4,13-18H2,1-3H3,(H,24,28). The first kappa shape index (κ1) is 27.4. The molecule has 1 amide bonds. The van der Waals surface area contributed by atoms with Gasteiger partial charge in [0.15, 0.2) is 0 Å². The van der Waals surface area contributed by atoms with Gasteiger partial charge in [0, 0.05) is 32.9 Å². The summed E-state index contributed by atoms with van der Waals surface area (Å²) < 4.78 is 40.7. The highest BCUT2D eigenvalue weighted by Crippen LogP contribution is 2.22. The van der Waals surface area contributed by atoms with E-state index in [1.54, 1.807) is 0 Å². The van der Waals surface area contributed by atoms with Crippen LogP contribution in [0.2, 0.25) is 0 Å². The summed E-state index contributed by atoms with van der Waals surface area (Å²) >= 11 is 0. The maximum Gasteiger partial charge on any atom is 0.341 e. The van der Waals surface area contributed by atoms with Crippen LogP contribution in [-0.2, 0) is 24.0 Å². The van der Waals surface area contributed by atoms with Crippen molar-refractivity contribution < 1.29 is 27.4 Å². The van der Waals surface area contributed by atoms with Crippen LogP contribution in [0.3, 0.4) is 0 Å².